The number of nitrogens with zero attached hydrogens (tertiary/aromatic N) is 1. The van der Waals surface area contributed by atoms with Crippen molar-refractivity contribution in [1.29, 1.82) is 0 Å². The molecule has 1 rings (SSSR count). The molecule has 0 amide bonds. The van der Waals surface area contributed by atoms with Gasteiger partial charge in [0.15, 0.2) is 11.5 Å². The van der Waals surface area contributed by atoms with Gasteiger partial charge < -0.3 is 14.6 Å². The first kappa shape index (κ1) is 17.3. The molecular formula is C16H25NO4. The highest BCUT2D eigenvalue weighted by atomic mass is 16.5. The Bertz CT molecular complexity index is 460. The molecule has 0 bridgehead atoms. The fraction of sp³-hybridized carbons (Fsp3) is 0.562. The van der Waals surface area contributed by atoms with Crippen molar-refractivity contribution in [3.63, 3.8) is 0 Å². The zero-order chi connectivity index (χ0) is 15.8. The number of hydrogen-bond acceptors (Lipinski definition) is 4. The first-order chi connectivity index (χ1) is 9.97. The molecule has 1 N–H and O–H groups in total. The van der Waals surface area contributed by atoms with Crippen LogP contribution in [-0.2, 0) is 11.3 Å². The third kappa shape index (κ3) is 5.63. The van der Waals surface area contributed by atoms with Crippen LogP contribution in [-0.4, -0.2) is 42.3 Å². The van der Waals surface area contributed by atoms with E-state index < -0.39 is 5.97 Å². The monoisotopic (exact) mass is 295 g/mol. The van der Waals surface area contributed by atoms with Crippen LogP contribution in [0.15, 0.2) is 18.2 Å². The molecule has 5 nitrogen and oxygen atoms in total. The fourth-order valence-corrected chi connectivity index (χ4v) is 1.97. The first-order valence-corrected chi connectivity index (χ1v) is 7.23. The molecule has 0 aliphatic heterocycles. The van der Waals surface area contributed by atoms with Crippen LogP contribution in [0.4, 0.5) is 0 Å². The normalized spacial score (nSPS) is 11.0. The van der Waals surface area contributed by atoms with Crippen molar-refractivity contribution in [1.82, 2.24) is 4.90 Å². The van der Waals surface area contributed by atoms with Crippen molar-refractivity contribution in [2.24, 2.45) is 0 Å². The van der Waals surface area contributed by atoms with Gasteiger partial charge in [0.1, 0.15) is 0 Å². The van der Waals surface area contributed by atoms with E-state index in [4.69, 9.17) is 14.6 Å². The molecule has 0 spiro atoms. The summed E-state index contributed by atoms with van der Waals surface area (Å²) >= 11 is 0. The van der Waals surface area contributed by atoms with Crippen LogP contribution < -0.4 is 9.47 Å². The molecule has 0 saturated heterocycles. The second-order valence-electron chi connectivity index (χ2n) is 5.23. The summed E-state index contributed by atoms with van der Waals surface area (Å²) < 4.78 is 11.0. The van der Waals surface area contributed by atoms with Gasteiger partial charge in [0, 0.05) is 12.6 Å². The van der Waals surface area contributed by atoms with Crippen LogP contribution in [0.3, 0.4) is 0 Å². The van der Waals surface area contributed by atoms with E-state index in [0.29, 0.717) is 18.9 Å². The summed E-state index contributed by atoms with van der Waals surface area (Å²) in [4.78, 5) is 12.8. The number of aliphatic carboxylic acids is 1. The maximum Gasteiger partial charge on any atom is 0.317 e. The first-order valence-electron chi connectivity index (χ1n) is 7.23. The van der Waals surface area contributed by atoms with Crippen LogP contribution in [0, 0.1) is 0 Å². The molecule has 0 fully saturated rings. The molecule has 118 valence electrons. The smallest absolute Gasteiger partial charge is 0.317 e. The summed E-state index contributed by atoms with van der Waals surface area (Å²) in [7, 11) is 1.61. The SMILES string of the molecule is CCCOc1ccc(CN(CC(=O)O)C(C)C)cc1OC. The van der Waals surface area contributed by atoms with Gasteiger partial charge in [0.25, 0.3) is 0 Å². The van der Waals surface area contributed by atoms with Crippen LogP contribution in [0.5, 0.6) is 11.5 Å². The van der Waals surface area contributed by atoms with Crippen LogP contribution in [0.1, 0.15) is 32.8 Å². The highest BCUT2D eigenvalue weighted by Crippen LogP contribution is 2.28. The average molecular weight is 295 g/mol. The Morgan fingerprint density at radius 1 is 1.33 bits per heavy atom. The second kappa shape index (κ2) is 8.52. The Morgan fingerprint density at radius 3 is 2.57 bits per heavy atom. The average Bonchev–Trinajstić information content (AvgIpc) is 2.44. The predicted octanol–water partition coefficient (Wildman–Crippen LogP) is 2.78. The van der Waals surface area contributed by atoms with Crippen LogP contribution in [0.2, 0.25) is 0 Å². The number of carboxylic acid groups (broad SMARTS) is 1. The molecule has 0 unspecified atom stereocenters. The van der Waals surface area contributed by atoms with E-state index in [9.17, 15) is 4.79 Å². The highest BCUT2D eigenvalue weighted by molar-refractivity contribution is 5.69. The summed E-state index contributed by atoms with van der Waals surface area (Å²) in [5.41, 5.74) is 1.01. The van der Waals surface area contributed by atoms with E-state index in [1.807, 2.05) is 43.9 Å². The molecule has 0 heterocycles. The predicted molar refractivity (Wildman–Crippen MR) is 82.0 cm³/mol. The van der Waals surface area contributed by atoms with Crippen molar-refractivity contribution < 1.29 is 19.4 Å². The van der Waals surface area contributed by atoms with Gasteiger partial charge >= 0.3 is 5.97 Å². The Morgan fingerprint density at radius 2 is 2.05 bits per heavy atom. The van der Waals surface area contributed by atoms with Gasteiger partial charge in [-0.05, 0) is 38.0 Å². The summed E-state index contributed by atoms with van der Waals surface area (Å²) in [5.74, 6) is 0.580. The lowest BCUT2D eigenvalue weighted by Crippen LogP contribution is -2.35. The molecule has 0 aliphatic rings. The second-order valence-corrected chi connectivity index (χ2v) is 5.23. The zero-order valence-corrected chi connectivity index (χ0v) is 13.3. The molecule has 5 heteroatoms. The maximum absolute atomic E-state index is 10.9. The number of rotatable bonds is 9. The van der Waals surface area contributed by atoms with Gasteiger partial charge in [-0.15, -0.1) is 0 Å². The van der Waals surface area contributed by atoms with Gasteiger partial charge in [-0.3, -0.25) is 9.69 Å². The van der Waals surface area contributed by atoms with Gasteiger partial charge in [0.05, 0.1) is 20.3 Å². The number of carbonyl (C=O) groups is 1. The number of hydrogen-bond donors (Lipinski definition) is 1. The van der Waals surface area contributed by atoms with Gasteiger partial charge in [-0.1, -0.05) is 13.0 Å². The molecule has 0 aliphatic carbocycles. The molecule has 0 saturated carbocycles. The van der Waals surface area contributed by atoms with Crippen molar-refractivity contribution in [3.05, 3.63) is 23.8 Å². The quantitative estimate of drug-likeness (QED) is 0.759. The Hall–Kier alpha value is -1.75. The lowest BCUT2D eigenvalue weighted by Gasteiger charge is -2.25. The minimum absolute atomic E-state index is 0.0219. The summed E-state index contributed by atoms with van der Waals surface area (Å²) in [5, 5.41) is 8.97. The Balaban J connectivity index is 2.85. The summed E-state index contributed by atoms with van der Waals surface area (Å²) in [6.07, 6.45) is 0.935. The fourth-order valence-electron chi connectivity index (χ4n) is 1.97. The van der Waals surface area contributed by atoms with Gasteiger partial charge in [0.2, 0.25) is 0 Å². The molecule has 1 aromatic carbocycles. The largest absolute Gasteiger partial charge is 0.493 e. The molecule has 1 aromatic rings. The summed E-state index contributed by atoms with van der Waals surface area (Å²) in [6, 6.07) is 5.89. The van der Waals surface area contributed by atoms with Crippen molar-refractivity contribution in [2.75, 3.05) is 20.3 Å². The molecule has 21 heavy (non-hydrogen) atoms. The lowest BCUT2D eigenvalue weighted by molar-refractivity contribution is -0.138. The topological polar surface area (TPSA) is 59.0 Å². The minimum Gasteiger partial charge on any atom is -0.493 e. The van der Waals surface area contributed by atoms with Crippen LogP contribution >= 0.6 is 0 Å². The molecular weight excluding hydrogens is 270 g/mol. The lowest BCUT2D eigenvalue weighted by atomic mass is 10.1. The zero-order valence-electron chi connectivity index (χ0n) is 13.3. The Kier molecular flexibility index (Phi) is 7.02. The van der Waals surface area contributed by atoms with E-state index in [-0.39, 0.29) is 12.6 Å². The standard InChI is InChI=1S/C16H25NO4/c1-5-8-21-14-7-6-13(9-15(14)20-4)10-17(12(2)3)11-16(18)19/h6-7,9,12H,5,8,10-11H2,1-4H3,(H,18,19). The maximum atomic E-state index is 10.9. The molecule has 0 aromatic heterocycles. The van der Waals surface area contributed by atoms with E-state index in [1.165, 1.54) is 0 Å². The highest BCUT2D eigenvalue weighted by Gasteiger charge is 2.15. The van der Waals surface area contributed by atoms with Gasteiger partial charge in [-0.25, -0.2) is 0 Å². The van der Waals surface area contributed by atoms with E-state index in [1.54, 1.807) is 7.11 Å². The number of ether oxygens (including phenoxy) is 2. The van der Waals surface area contributed by atoms with Gasteiger partial charge in [-0.2, -0.15) is 0 Å². The van der Waals surface area contributed by atoms with E-state index in [2.05, 4.69) is 0 Å². The van der Waals surface area contributed by atoms with E-state index >= 15 is 0 Å². The van der Waals surface area contributed by atoms with Crippen molar-refractivity contribution in [2.45, 2.75) is 39.8 Å². The molecule has 0 atom stereocenters. The number of benzene rings is 1. The summed E-state index contributed by atoms with van der Waals surface area (Å²) in [6.45, 7) is 7.25. The number of carboxylic acids is 1. The van der Waals surface area contributed by atoms with Crippen molar-refractivity contribution >= 4 is 5.97 Å². The van der Waals surface area contributed by atoms with Crippen molar-refractivity contribution in [3.8, 4) is 11.5 Å². The third-order valence-electron chi connectivity index (χ3n) is 3.14. The molecule has 0 radical (unpaired) electrons. The Labute approximate surface area is 126 Å². The third-order valence-corrected chi connectivity index (χ3v) is 3.14. The minimum atomic E-state index is -0.821. The number of methoxy groups -OCH3 is 1. The van der Waals surface area contributed by atoms with Crippen LogP contribution in [0.25, 0.3) is 0 Å². The van der Waals surface area contributed by atoms with E-state index in [0.717, 1.165) is 17.7 Å².